The maximum absolute atomic E-state index is 12.9. The lowest BCUT2D eigenvalue weighted by atomic mass is 10.1. The third kappa shape index (κ3) is 2.99. The summed E-state index contributed by atoms with van der Waals surface area (Å²) in [6.07, 6.45) is 0. The molecule has 1 saturated heterocycles. The highest BCUT2D eigenvalue weighted by atomic mass is 35.5. The number of hydrogen-bond acceptors (Lipinski definition) is 5. The van der Waals surface area contributed by atoms with Crippen molar-refractivity contribution in [3.63, 3.8) is 0 Å². The Balaban J connectivity index is 1.94. The van der Waals surface area contributed by atoms with E-state index in [0.29, 0.717) is 52.5 Å². The third-order valence-corrected chi connectivity index (χ3v) is 4.80. The minimum absolute atomic E-state index is 0.0567. The molecule has 0 atom stereocenters. The molecule has 1 fully saturated rings. The SMILES string of the molecule is COc1ccc2c(=O)c3ccc(Cl)cc3oc2c1CN1CCOCC1. The molecule has 130 valence electrons. The summed E-state index contributed by atoms with van der Waals surface area (Å²) in [5.74, 6) is 0.712. The van der Waals surface area contributed by atoms with Gasteiger partial charge in [-0.3, -0.25) is 9.69 Å². The van der Waals surface area contributed by atoms with Crippen LogP contribution in [0, 0.1) is 0 Å². The Bertz CT molecular complexity index is 992. The normalized spacial score (nSPS) is 15.8. The maximum atomic E-state index is 12.9. The van der Waals surface area contributed by atoms with Gasteiger partial charge in [0, 0.05) is 30.7 Å². The minimum atomic E-state index is -0.0567. The summed E-state index contributed by atoms with van der Waals surface area (Å²) < 4.78 is 17.0. The third-order valence-electron chi connectivity index (χ3n) is 4.57. The number of rotatable bonds is 3. The molecule has 2 aromatic carbocycles. The molecular weight excluding hydrogens is 342 g/mol. The van der Waals surface area contributed by atoms with Gasteiger partial charge in [0.25, 0.3) is 0 Å². The van der Waals surface area contributed by atoms with E-state index >= 15 is 0 Å². The van der Waals surface area contributed by atoms with Crippen LogP contribution in [0.25, 0.3) is 21.9 Å². The molecule has 0 N–H and O–H groups in total. The van der Waals surface area contributed by atoms with Gasteiger partial charge >= 0.3 is 0 Å². The topological polar surface area (TPSA) is 51.9 Å². The maximum Gasteiger partial charge on any atom is 0.200 e. The van der Waals surface area contributed by atoms with Gasteiger partial charge in [0.15, 0.2) is 0 Å². The van der Waals surface area contributed by atoms with Gasteiger partial charge in [0.2, 0.25) is 5.43 Å². The molecule has 1 aromatic heterocycles. The second-order valence-corrected chi connectivity index (χ2v) is 6.52. The van der Waals surface area contributed by atoms with Crippen LogP contribution in [0.2, 0.25) is 5.02 Å². The van der Waals surface area contributed by atoms with Crippen LogP contribution in [0.5, 0.6) is 5.75 Å². The van der Waals surface area contributed by atoms with Crippen molar-refractivity contribution in [3.05, 3.63) is 51.1 Å². The summed E-state index contributed by atoms with van der Waals surface area (Å²) in [7, 11) is 1.63. The fourth-order valence-electron chi connectivity index (χ4n) is 3.25. The van der Waals surface area contributed by atoms with Crippen LogP contribution in [0.3, 0.4) is 0 Å². The summed E-state index contributed by atoms with van der Waals surface area (Å²) in [6, 6.07) is 8.67. The highest BCUT2D eigenvalue weighted by Gasteiger charge is 2.19. The standard InChI is InChI=1S/C19H18ClNO4/c1-23-16-5-4-14-18(22)13-3-2-12(20)10-17(13)25-19(14)15(16)11-21-6-8-24-9-7-21/h2-5,10H,6-9,11H2,1H3. The fraction of sp³-hybridized carbons (Fsp3) is 0.316. The van der Waals surface area contributed by atoms with Crippen molar-refractivity contribution in [2.75, 3.05) is 33.4 Å². The van der Waals surface area contributed by atoms with Crippen molar-refractivity contribution in [1.82, 2.24) is 4.90 Å². The van der Waals surface area contributed by atoms with E-state index in [0.717, 1.165) is 18.7 Å². The average Bonchev–Trinajstić information content (AvgIpc) is 2.63. The van der Waals surface area contributed by atoms with Crippen LogP contribution >= 0.6 is 11.6 Å². The van der Waals surface area contributed by atoms with Crippen molar-refractivity contribution in [2.45, 2.75) is 6.54 Å². The lowest BCUT2D eigenvalue weighted by Gasteiger charge is -2.27. The number of benzene rings is 2. The highest BCUT2D eigenvalue weighted by Crippen LogP contribution is 2.31. The van der Waals surface area contributed by atoms with Crippen LogP contribution in [-0.4, -0.2) is 38.3 Å². The Labute approximate surface area is 149 Å². The van der Waals surface area contributed by atoms with Gasteiger partial charge in [-0.1, -0.05) is 11.6 Å². The van der Waals surface area contributed by atoms with Crippen molar-refractivity contribution < 1.29 is 13.9 Å². The fourth-order valence-corrected chi connectivity index (χ4v) is 3.41. The van der Waals surface area contributed by atoms with Gasteiger partial charge in [0.05, 0.1) is 36.7 Å². The summed E-state index contributed by atoms with van der Waals surface area (Å²) in [4.78, 5) is 15.1. The molecule has 1 aliphatic rings. The molecule has 0 amide bonds. The largest absolute Gasteiger partial charge is 0.496 e. The van der Waals surface area contributed by atoms with E-state index < -0.39 is 0 Å². The molecule has 2 heterocycles. The van der Waals surface area contributed by atoms with Crippen molar-refractivity contribution in [3.8, 4) is 5.75 Å². The predicted molar refractivity (Wildman–Crippen MR) is 97.6 cm³/mol. The number of halogens is 1. The summed E-state index contributed by atoms with van der Waals surface area (Å²) in [6.45, 7) is 3.72. The van der Waals surface area contributed by atoms with E-state index in [1.165, 1.54) is 0 Å². The molecule has 0 unspecified atom stereocenters. The van der Waals surface area contributed by atoms with Gasteiger partial charge in [0.1, 0.15) is 16.9 Å². The van der Waals surface area contributed by atoms with Crippen LogP contribution in [0.1, 0.15) is 5.56 Å². The molecular formula is C19H18ClNO4. The Kier molecular flexibility index (Phi) is 4.37. The Morgan fingerprint density at radius 2 is 1.92 bits per heavy atom. The number of ether oxygens (including phenoxy) is 2. The van der Waals surface area contributed by atoms with E-state index in [-0.39, 0.29) is 5.43 Å². The molecule has 0 spiro atoms. The molecule has 0 aliphatic carbocycles. The van der Waals surface area contributed by atoms with E-state index in [1.54, 1.807) is 31.4 Å². The van der Waals surface area contributed by atoms with E-state index in [4.69, 9.17) is 25.5 Å². The van der Waals surface area contributed by atoms with Gasteiger partial charge in [-0.25, -0.2) is 0 Å². The number of morpholine rings is 1. The lowest BCUT2D eigenvalue weighted by Crippen LogP contribution is -2.35. The zero-order chi connectivity index (χ0) is 17.4. The molecule has 1 aliphatic heterocycles. The minimum Gasteiger partial charge on any atom is -0.496 e. The zero-order valence-electron chi connectivity index (χ0n) is 13.9. The highest BCUT2D eigenvalue weighted by molar-refractivity contribution is 6.31. The van der Waals surface area contributed by atoms with Crippen LogP contribution < -0.4 is 10.2 Å². The average molecular weight is 360 g/mol. The summed E-state index contributed by atoms with van der Waals surface area (Å²) in [5, 5.41) is 1.62. The van der Waals surface area contributed by atoms with Crippen LogP contribution in [0.15, 0.2) is 39.5 Å². The summed E-state index contributed by atoms with van der Waals surface area (Å²) >= 11 is 6.07. The first-order chi connectivity index (χ1) is 12.2. The molecule has 0 bridgehead atoms. The number of hydrogen-bond donors (Lipinski definition) is 0. The van der Waals surface area contributed by atoms with E-state index in [1.807, 2.05) is 6.07 Å². The smallest absolute Gasteiger partial charge is 0.200 e. The quantitative estimate of drug-likeness (QED) is 0.670. The molecule has 4 rings (SSSR count). The van der Waals surface area contributed by atoms with Gasteiger partial charge < -0.3 is 13.9 Å². The van der Waals surface area contributed by atoms with Crippen molar-refractivity contribution in [2.24, 2.45) is 0 Å². The number of methoxy groups -OCH3 is 1. The molecule has 3 aromatic rings. The Hall–Kier alpha value is -2.08. The van der Waals surface area contributed by atoms with E-state index in [9.17, 15) is 4.79 Å². The first kappa shape index (κ1) is 16.4. The van der Waals surface area contributed by atoms with Gasteiger partial charge in [-0.05, 0) is 24.3 Å². The van der Waals surface area contributed by atoms with E-state index in [2.05, 4.69) is 4.90 Å². The monoisotopic (exact) mass is 359 g/mol. The summed E-state index contributed by atoms with van der Waals surface area (Å²) in [5.41, 5.74) is 1.87. The number of nitrogens with zero attached hydrogens (tertiary/aromatic N) is 1. The lowest BCUT2D eigenvalue weighted by molar-refractivity contribution is 0.0339. The molecule has 25 heavy (non-hydrogen) atoms. The second kappa shape index (κ2) is 6.67. The Morgan fingerprint density at radius 1 is 1.16 bits per heavy atom. The first-order valence-corrected chi connectivity index (χ1v) is 8.57. The van der Waals surface area contributed by atoms with Gasteiger partial charge in [-0.2, -0.15) is 0 Å². The van der Waals surface area contributed by atoms with Gasteiger partial charge in [-0.15, -0.1) is 0 Å². The zero-order valence-corrected chi connectivity index (χ0v) is 14.6. The molecule has 6 heteroatoms. The molecule has 0 radical (unpaired) electrons. The van der Waals surface area contributed by atoms with Crippen molar-refractivity contribution in [1.29, 1.82) is 0 Å². The molecule has 0 saturated carbocycles. The Morgan fingerprint density at radius 3 is 2.68 bits per heavy atom. The number of fused-ring (bicyclic) bond motifs is 2. The van der Waals surface area contributed by atoms with Crippen LogP contribution in [0.4, 0.5) is 0 Å². The van der Waals surface area contributed by atoms with Crippen LogP contribution in [-0.2, 0) is 11.3 Å². The second-order valence-electron chi connectivity index (χ2n) is 6.08. The predicted octanol–water partition coefficient (Wildman–Crippen LogP) is 3.44. The first-order valence-electron chi connectivity index (χ1n) is 8.19. The molecule has 5 nitrogen and oxygen atoms in total. The van der Waals surface area contributed by atoms with Crippen molar-refractivity contribution >= 4 is 33.5 Å².